The molecule has 5 nitrogen and oxygen atoms in total. The Morgan fingerprint density at radius 1 is 1.39 bits per heavy atom. The zero-order valence-corrected chi connectivity index (χ0v) is 12.2. The van der Waals surface area contributed by atoms with Crippen LogP contribution in [0.5, 0.6) is 0 Å². The Balaban J connectivity index is 2.54. The van der Waals surface area contributed by atoms with E-state index in [-0.39, 0.29) is 17.5 Å². The number of nitrogens with zero attached hydrogens (tertiary/aromatic N) is 2. The first-order chi connectivity index (χ1) is 8.48. The minimum Gasteiger partial charge on any atom is -0.310 e. The molecule has 0 bridgehead atoms. The molecule has 0 aliphatic carbocycles. The van der Waals surface area contributed by atoms with Crippen LogP contribution in [0.2, 0.25) is 0 Å². The summed E-state index contributed by atoms with van der Waals surface area (Å²) in [5.41, 5.74) is 1.09. The maximum Gasteiger partial charge on any atom is 0.152 e. The van der Waals surface area contributed by atoms with Gasteiger partial charge in [0.05, 0.1) is 18.5 Å². The average Bonchev–Trinajstić information content (AvgIpc) is 2.75. The van der Waals surface area contributed by atoms with Gasteiger partial charge in [-0.15, -0.1) is 0 Å². The van der Waals surface area contributed by atoms with Gasteiger partial charge in [0.2, 0.25) is 0 Å². The summed E-state index contributed by atoms with van der Waals surface area (Å²) in [7, 11) is -2.93. The average molecular weight is 273 g/mol. The number of nitrogens with one attached hydrogen (secondary N) is 1. The molecule has 0 radical (unpaired) electrons. The van der Waals surface area contributed by atoms with E-state index in [0.717, 1.165) is 12.1 Å². The molecule has 1 rings (SSSR count). The molecule has 0 amide bonds. The topological polar surface area (TPSA) is 64.0 Å². The Morgan fingerprint density at radius 2 is 2.11 bits per heavy atom. The van der Waals surface area contributed by atoms with Gasteiger partial charge in [-0.25, -0.2) is 8.42 Å². The van der Waals surface area contributed by atoms with Crippen molar-refractivity contribution in [3.8, 4) is 0 Å². The van der Waals surface area contributed by atoms with Crippen molar-refractivity contribution in [2.45, 2.75) is 39.8 Å². The van der Waals surface area contributed by atoms with E-state index < -0.39 is 9.84 Å². The van der Waals surface area contributed by atoms with Gasteiger partial charge in [-0.05, 0) is 19.9 Å². The summed E-state index contributed by atoms with van der Waals surface area (Å²) in [6, 6.07) is 0.246. The summed E-state index contributed by atoms with van der Waals surface area (Å²) >= 11 is 0. The van der Waals surface area contributed by atoms with Crippen LogP contribution in [0.4, 0.5) is 0 Å². The van der Waals surface area contributed by atoms with Gasteiger partial charge in [-0.2, -0.15) is 5.10 Å². The lowest BCUT2D eigenvalue weighted by Gasteiger charge is -2.08. The van der Waals surface area contributed by atoms with Gasteiger partial charge < -0.3 is 5.32 Å². The molecule has 1 N–H and O–H groups in total. The first-order valence-corrected chi connectivity index (χ1v) is 8.26. The molecule has 0 spiro atoms. The zero-order chi connectivity index (χ0) is 13.6. The Bertz CT molecular complexity index is 454. The fraction of sp³-hybridized carbons (Fsp3) is 0.750. The summed E-state index contributed by atoms with van der Waals surface area (Å²) in [6.07, 6.45) is 4.37. The van der Waals surface area contributed by atoms with E-state index in [1.807, 2.05) is 13.1 Å². The highest BCUT2D eigenvalue weighted by molar-refractivity contribution is 7.91. The monoisotopic (exact) mass is 273 g/mol. The van der Waals surface area contributed by atoms with E-state index in [0.29, 0.717) is 13.0 Å². The standard InChI is InChI=1S/C12H23N3O2S/c1-4-7-18(16,17)8-6-15-10-12(9-14-15)11(3)13-5-2/h9-11,13H,4-8H2,1-3H3. The minimum absolute atomic E-state index is 0.164. The molecule has 0 aliphatic heterocycles. The van der Waals surface area contributed by atoms with Crippen molar-refractivity contribution in [2.75, 3.05) is 18.1 Å². The van der Waals surface area contributed by atoms with Crippen molar-refractivity contribution in [2.24, 2.45) is 0 Å². The second-order valence-electron chi connectivity index (χ2n) is 4.47. The largest absolute Gasteiger partial charge is 0.310 e. The molecule has 1 aromatic rings. The van der Waals surface area contributed by atoms with Crippen molar-refractivity contribution >= 4 is 9.84 Å². The van der Waals surface area contributed by atoms with Crippen molar-refractivity contribution in [3.05, 3.63) is 18.0 Å². The molecule has 104 valence electrons. The maximum atomic E-state index is 11.6. The van der Waals surface area contributed by atoms with Gasteiger partial charge in [0.15, 0.2) is 9.84 Å². The van der Waals surface area contributed by atoms with E-state index in [4.69, 9.17) is 0 Å². The summed E-state index contributed by atoms with van der Waals surface area (Å²) in [6.45, 7) is 7.33. The summed E-state index contributed by atoms with van der Waals surface area (Å²) < 4.78 is 24.9. The van der Waals surface area contributed by atoms with Crippen molar-refractivity contribution in [1.29, 1.82) is 0 Å². The number of aryl methyl sites for hydroxylation is 1. The van der Waals surface area contributed by atoms with E-state index >= 15 is 0 Å². The highest BCUT2D eigenvalue weighted by atomic mass is 32.2. The van der Waals surface area contributed by atoms with Gasteiger partial charge in [0.1, 0.15) is 0 Å². The van der Waals surface area contributed by atoms with Gasteiger partial charge in [0.25, 0.3) is 0 Å². The van der Waals surface area contributed by atoms with Crippen LogP contribution in [-0.2, 0) is 16.4 Å². The fourth-order valence-electron chi connectivity index (χ4n) is 1.80. The number of rotatable bonds is 8. The van der Waals surface area contributed by atoms with Crippen LogP contribution in [-0.4, -0.2) is 36.2 Å². The van der Waals surface area contributed by atoms with Gasteiger partial charge in [0, 0.05) is 23.6 Å². The zero-order valence-electron chi connectivity index (χ0n) is 11.4. The third-order valence-corrected chi connectivity index (χ3v) is 4.64. The lowest BCUT2D eigenvalue weighted by molar-refractivity contribution is 0.577. The molecule has 1 atom stereocenters. The normalized spacial score (nSPS) is 13.7. The molecule has 0 fully saturated rings. The predicted octanol–water partition coefficient (Wildman–Crippen LogP) is 1.38. The van der Waals surface area contributed by atoms with Crippen LogP contribution in [0.3, 0.4) is 0 Å². The molecule has 0 saturated carbocycles. The minimum atomic E-state index is -2.93. The SMILES string of the molecule is CCCS(=O)(=O)CCn1cc(C(C)NCC)cn1. The van der Waals surface area contributed by atoms with Crippen molar-refractivity contribution in [3.63, 3.8) is 0 Å². The van der Waals surface area contributed by atoms with Crippen molar-refractivity contribution < 1.29 is 8.42 Å². The Labute approximate surface area is 109 Å². The van der Waals surface area contributed by atoms with Gasteiger partial charge in [-0.1, -0.05) is 13.8 Å². The van der Waals surface area contributed by atoms with E-state index in [1.54, 1.807) is 10.9 Å². The molecule has 6 heteroatoms. The number of hydrogen-bond acceptors (Lipinski definition) is 4. The summed E-state index contributed by atoms with van der Waals surface area (Å²) in [5, 5.41) is 7.49. The van der Waals surface area contributed by atoms with Crippen molar-refractivity contribution in [1.82, 2.24) is 15.1 Å². The third kappa shape index (κ3) is 4.78. The van der Waals surface area contributed by atoms with Crippen LogP contribution < -0.4 is 5.32 Å². The Kier molecular flexibility index (Phi) is 5.81. The first kappa shape index (κ1) is 15.2. The molecule has 1 aromatic heterocycles. The van der Waals surface area contributed by atoms with Crippen LogP contribution in [0.25, 0.3) is 0 Å². The lowest BCUT2D eigenvalue weighted by atomic mass is 10.2. The third-order valence-electron chi connectivity index (χ3n) is 2.81. The van der Waals surface area contributed by atoms with Crippen LogP contribution in [0.1, 0.15) is 38.8 Å². The highest BCUT2D eigenvalue weighted by Gasteiger charge is 2.11. The van der Waals surface area contributed by atoms with Crippen LogP contribution >= 0.6 is 0 Å². The second kappa shape index (κ2) is 6.89. The molecule has 0 saturated heterocycles. The molecule has 0 aliphatic rings. The summed E-state index contributed by atoms with van der Waals surface area (Å²) in [4.78, 5) is 0. The van der Waals surface area contributed by atoms with Crippen LogP contribution in [0, 0.1) is 0 Å². The van der Waals surface area contributed by atoms with E-state index in [2.05, 4.69) is 24.3 Å². The fourth-order valence-corrected chi connectivity index (χ4v) is 3.09. The summed E-state index contributed by atoms with van der Waals surface area (Å²) in [5.74, 6) is 0.423. The quantitative estimate of drug-likeness (QED) is 0.777. The molecular weight excluding hydrogens is 250 g/mol. The number of aromatic nitrogens is 2. The molecule has 18 heavy (non-hydrogen) atoms. The maximum absolute atomic E-state index is 11.6. The first-order valence-electron chi connectivity index (χ1n) is 6.44. The Morgan fingerprint density at radius 3 is 2.72 bits per heavy atom. The van der Waals surface area contributed by atoms with E-state index in [9.17, 15) is 8.42 Å². The van der Waals surface area contributed by atoms with Gasteiger partial charge >= 0.3 is 0 Å². The van der Waals surface area contributed by atoms with Gasteiger partial charge in [-0.3, -0.25) is 4.68 Å². The lowest BCUT2D eigenvalue weighted by Crippen LogP contribution is -2.17. The highest BCUT2D eigenvalue weighted by Crippen LogP contribution is 2.10. The molecule has 1 unspecified atom stereocenters. The molecular formula is C12H23N3O2S. The number of sulfone groups is 1. The molecule has 0 aromatic carbocycles. The second-order valence-corrected chi connectivity index (χ2v) is 6.77. The molecule has 1 heterocycles. The smallest absolute Gasteiger partial charge is 0.152 e. The number of hydrogen-bond donors (Lipinski definition) is 1. The Hall–Kier alpha value is -0.880. The van der Waals surface area contributed by atoms with E-state index in [1.165, 1.54) is 0 Å². The van der Waals surface area contributed by atoms with Crippen LogP contribution in [0.15, 0.2) is 12.4 Å². The predicted molar refractivity (Wildman–Crippen MR) is 73.3 cm³/mol.